The third-order valence-corrected chi connectivity index (χ3v) is 5.01. The zero-order valence-electron chi connectivity index (χ0n) is 15.0. The maximum Gasteiger partial charge on any atom is 0.293 e. The van der Waals surface area contributed by atoms with Crippen LogP contribution >= 0.6 is 0 Å². The highest BCUT2D eigenvalue weighted by Gasteiger charge is 2.46. The maximum absolute atomic E-state index is 12.4. The van der Waals surface area contributed by atoms with Crippen LogP contribution in [0.15, 0.2) is 30.4 Å². The summed E-state index contributed by atoms with van der Waals surface area (Å²) in [5, 5.41) is 13.6. The van der Waals surface area contributed by atoms with E-state index in [4.69, 9.17) is 0 Å². The summed E-state index contributed by atoms with van der Waals surface area (Å²) < 4.78 is 0. The van der Waals surface area contributed by atoms with E-state index in [1.54, 1.807) is 13.0 Å². The number of fused-ring (bicyclic) bond motifs is 1. The third kappa shape index (κ3) is 3.89. The van der Waals surface area contributed by atoms with Gasteiger partial charge >= 0.3 is 0 Å². The van der Waals surface area contributed by atoms with E-state index in [0.29, 0.717) is 19.3 Å². The molecule has 0 saturated carbocycles. The first-order chi connectivity index (χ1) is 12.9. The number of aryl methyl sites for hydroxylation is 1. The van der Waals surface area contributed by atoms with Gasteiger partial charge in [-0.15, -0.1) is 0 Å². The van der Waals surface area contributed by atoms with Crippen LogP contribution < -0.4 is 5.32 Å². The number of carbonyl (C=O) groups is 3. The van der Waals surface area contributed by atoms with Gasteiger partial charge in [0.1, 0.15) is 5.69 Å². The van der Waals surface area contributed by atoms with E-state index in [2.05, 4.69) is 5.32 Å². The molecule has 1 heterocycles. The van der Waals surface area contributed by atoms with Crippen LogP contribution in [-0.4, -0.2) is 34.1 Å². The quantitative estimate of drug-likeness (QED) is 0.358. The molecule has 1 aliphatic carbocycles. The van der Waals surface area contributed by atoms with Gasteiger partial charge in [-0.2, -0.15) is 0 Å². The lowest BCUT2D eigenvalue weighted by Crippen LogP contribution is -2.32. The van der Waals surface area contributed by atoms with Crippen molar-refractivity contribution in [2.75, 3.05) is 11.9 Å². The SMILES string of the molecule is Cc1ccc(NC(=O)CCCN2C(=O)[C@@H]3CC=CC[C@H]3C2=O)c([N+](=O)[O-])c1. The monoisotopic (exact) mass is 371 g/mol. The average Bonchev–Trinajstić information content (AvgIpc) is 2.88. The number of amides is 3. The minimum atomic E-state index is -0.542. The fraction of sp³-hybridized carbons (Fsp3) is 0.421. The second-order valence-electron chi connectivity index (χ2n) is 6.91. The van der Waals surface area contributed by atoms with Crippen molar-refractivity contribution in [2.45, 2.75) is 32.6 Å². The molecule has 142 valence electrons. The fourth-order valence-corrected chi connectivity index (χ4v) is 3.60. The Morgan fingerprint density at radius 2 is 1.85 bits per heavy atom. The average molecular weight is 371 g/mol. The summed E-state index contributed by atoms with van der Waals surface area (Å²) >= 11 is 0. The van der Waals surface area contributed by atoms with Crippen LogP contribution in [-0.2, 0) is 14.4 Å². The molecule has 2 aliphatic rings. The van der Waals surface area contributed by atoms with E-state index < -0.39 is 4.92 Å². The summed E-state index contributed by atoms with van der Waals surface area (Å²) in [6.45, 7) is 1.92. The molecule has 1 saturated heterocycles. The molecule has 0 bridgehead atoms. The van der Waals surface area contributed by atoms with E-state index in [-0.39, 0.29) is 53.9 Å². The molecule has 2 atom stereocenters. The Bertz CT molecular complexity index is 807. The van der Waals surface area contributed by atoms with Gasteiger partial charge in [0.25, 0.3) is 5.69 Å². The van der Waals surface area contributed by atoms with Crippen molar-refractivity contribution in [1.82, 2.24) is 4.90 Å². The summed E-state index contributed by atoms with van der Waals surface area (Å²) in [6.07, 6.45) is 5.41. The normalized spacial score (nSPS) is 21.3. The van der Waals surface area contributed by atoms with Crippen LogP contribution in [0, 0.1) is 28.9 Å². The molecule has 0 radical (unpaired) electrons. The number of imide groups is 1. The molecule has 1 aliphatic heterocycles. The minimum absolute atomic E-state index is 0.0652. The number of likely N-dealkylation sites (tertiary alicyclic amines) is 1. The number of nitro benzene ring substituents is 1. The summed E-state index contributed by atoms with van der Waals surface area (Å²) in [4.78, 5) is 48.7. The summed E-state index contributed by atoms with van der Waals surface area (Å²) in [7, 11) is 0. The molecule has 1 N–H and O–H groups in total. The number of allylic oxidation sites excluding steroid dienone is 2. The molecule has 1 aromatic carbocycles. The number of hydrogen-bond donors (Lipinski definition) is 1. The molecule has 8 nitrogen and oxygen atoms in total. The zero-order valence-corrected chi connectivity index (χ0v) is 15.0. The number of rotatable bonds is 6. The Morgan fingerprint density at radius 1 is 1.22 bits per heavy atom. The highest BCUT2D eigenvalue weighted by Crippen LogP contribution is 2.35. The van der Waals surface area contributed by atoms with E-state index in [1.165, 1.54) is 17.0 Å². The minimum Gasteiger partial charge on any atom is -0.320 e. The topological polar surface area (TPSA) is 110 Å². The highest BCUT2D eigenvalue weighted by atomic mass is 16.6. The number of benzene rings is 1. The number of hydrogen-bond acceptors (Lipinski definition) is 5. The maximum atomic E-state index is 12.4. The van der Waals surface area contributed by atoms with E-state index >= 15 is 0 Å². The van der Waals surface area contributed by atoms with Gasteiger partial charge in [-0.05, 0) is 37.8 Å². The van der Waals surface area contributed by atoms with Crippen LogP contribution in [0.1, 0.15) is 31.2 Å². The first kappa shape index (κ1) is 18.8. The number of carbonyl (C=O) groups excluding carboxylic acids is 3. The van der Waals surface area contributed by atoms with Crippen molar-refractivity contribution in [1.29, 1.82) is 0 Å². The molecule has 3 amide bonds. The van der Waals surface area contributed by atoms with Crippen molar-refractivity contribution >= 4 is 29.1 Å². The first-order valence-electron chi connectivity index (χ1n) is 8.93. The highest BCUT2D eigenvalue weighted by molar-refractivity contribution is 6.05. The smallest absolute Gasteiger partial charge is 0.293 e. The number of nitro groups is 1. The van der Waals surface area contributed by atoms with Gasteiger partial charge in [0.15, 0.2) is 0 Å². The summed E-state index contributed by atoms with van der Waals surface area (Å²) in [5.41, 5.74) is 0.701. The first-order valence-corrected chi connectivity index (χ1v) is 8.93. The van der Waals surface area contributed by atoms with Crippen LogP contribution in [0.3, 0.4) is 0 Å². The van der Waals surface area contributed by atoms with Crippen molar-refractivity contribution in [3.63, 3.8) is 0 Å². The molecule has 0 spiro atoms. The lowest BCUT2D eigenvalue weighted by atomic mass is 9.85. The predicted molar refractivity (Wildman–Crippen MR) is 97.8 cm³/mol. The molecule has 1 aromatic rings. The lowest BCUT2D eigenvalue weighted by Gasteiger charge is -2.14. The standard InChI is InChI=1S/C19H21N3O5/c1-12-8-9-15(16(11-12)22(26)27)20-17(23)7-4-10-21-18(24)13-5-2-3-6-14(13)19(21)25/h2-3,8-9,11,13-14H,4-7,10H2,1H3,(H,20,23)/t13-,14-/m1/s1. The second-order valence-corrected chi connectivity index (χ2v) is 6.91. The second kappa shape index (κ2) is 7.69. The van der Waals surface area contributed by atoms with Crippen LogP contribution in [0.2, 0.25) is 0 Å². The van der Waals surface area contributed by atoms with Gasteiger partial charge in [-0.1, -0.05) is 18.2 Å². The van der Waals surface area contributed by atoms with E-state index in [9.17, 15) is 24.5 Å². The van der Waals surface area contributed by atoms with Gasteiger partial charge < -0.3 is 5.32 Å². The van der Waals surface area contributed by atoms with Gasteiger partial charge in [-0.3, -0.25) is 29.4 Å². The molecule has 3 rings (SSSR count). The van der Waals surface area contributed by atoms with Crippen molar-refractivity contribution in [3.8, 4) is 0 Å². The van der Waals surface area contributed by atoms with Gasteiger partial charge in [0, 0.05) is 19.0 Å². The van der Waals surface area contributed by atoms with Crippen LogP contribution in [0.4, 0.5) is 11.4 Å². The predicted octanol–water partition coefficient (Wildman–Crippen LogP) is 2.57. The van der Waals surface area contributed by atoms with Crippen molar-refractivity contribution in [2.24, 2.45) is 11.8 Å². The number of nitrogens with zero attached hydrogens (tertiary/aromatic N) is 2. The number of nitrogens with one attached hydrogen (secondary N) is 1. The number of anilines is 1. The molecule has 8 heteroatoms. The molecular weight excluding hydrogens is 350 g/mol. The Kier molecular flexibility index (Phi) is 5.34. The fourth-order valence-electron chi connectivity index (χ4n) is 3.60. The Morgan fingerprint density at radius 3 is 2.44 bits per heavy atom. The molecular formula is C19H21N3O5. The van der Waals surface area contributed by atoms with Crippen molar-refractivity contribution in [3.05, 3.63) is 46.0 Å². The molecule has 0 unspecified atom stereocenters. The largest absolute Gasteiger partial charge is 0.320 e. The molecule has 1 fully saturated rings. The van der Waals surface area contributed by atoms with Gasteiger partial charge in [0.05, 0.1) is 16.8 Å². The Balaban J connectivity index is 1.54. The van der Waals surface area contributed by atoms with Crippen LogP contribution in [0.5, 0.6) is 0 Å². The summed E-state index contributed by atoms with van der Waals surface area (Å²) in [6, 6.07) is 4.57. The van der Waals surface area contributed by atoms with Crippen molar-refractivity contribution < 1.29 is 19.3 Å². The lowest BCUT2D eigenvalue weighted by molar-refractivity contribution is -0.384. The summed E-state index contributed by atoms with van der Waals surface area (Å²) in [5.74, 6) is -1.26. The van der Waals surface area contributed by atoms with E-state index in [1.807, 2.05) is 12.2 Å². The van der Waals surface area contributed by atoms with Gasteiger partial charge in [-0.25, -0.2) is 0 Å². The van der Waals surface area contributed by atoms with Crippen LogP contribution in [0.25, 0.3) is 0 Å². The molecule has 27 heavy (non-hydrogen) atoms. The third-order valence-electron chi connectivity index (χ3n) is 5.01. The van der Waals surface area contributed by atoms with E-state index in [0.717, 1.165) is 5.56 Å². The Labute approximate surface area is 156 Å². The zero-order chi connectivity index (χ0) is 19.6. The Hall–Kier alpha value is -3.03. The van der Waals surface area contributed by atoms with Gasteiger partial charge in [0.2, 0.25) is 17.7 Å². The molecule has 0 aromatic heterocycles.